The molecule has 0 saturated carbocycles. The predicted molar refractivity (Wildman–Crippen MR) is 68.8 cm³/mol. The van der Waals surface area contributed by atoms with Crippen LogP contribution in [0.1, 0.15) is 24.4 Å². The first-order valence-corrected chi connectivity index (χ1v) is 6.04. The Morgan fingerprint density at radius 2 is 2.16 bits per heavy atom. The van der Waals surface area contributed by atoms with Gasteiger partial charge in [-0.3, -0.25) is 9.79 Å². The van der Waals surface area contributed by atoms with Gasteiger partial charge in [0.2, 0.25) is 0 Å². The zero-order chi connectivity index (χ0) is 13.7. The molecule has 1 aliphatic rings. The summed E-state index contributed by atoms with van der Waals surface area (Å²) in [4.78, 5) is 27.2. The molecule has 19 heavy (non-hydrogen) atoms. The summed E-state index contributed by atoms with van der Waals surface area (Å²) in [7, 11) is 1.35. The number of methoxy groups -OCH3 is 1. The molecule has 1 aromatic carbocycles. The van der Waals surface area contributed by atoms with E-state index in [1.165, 1.54) is 7.11 Å². The van der Waals surface area contributed by atoms with Crippen molar-refractivity contribution in [3.05, 3.63) is 35.9 Å². The molecule has 0 bridgehead atoms. The molecule has 0 unspecified atom stereocenters. The van der Waals surface area contributed by atoms with Crippen LogP contribution in [0, 0.1) is 0 Å². The number of cyclic esters (lactones) is 1. The molecule has 0 aromatic heterocycles. The zero-order valence-electron chi connectivity index (χ0n) is 10.7. The number of ether oxygens (including phenoxy) is 2. The van der Waals surface area contributed by atoms with Gasteiger partial charge in [0.1, 0.15) is 6.61 Å². The fourth-order valence-corrected chi connectivity index (χ4v) is 1.84. The lowest BCUT2D eigenvalue weighted by Crippen LogP contribution is -2.26. The Hall–Kier alpha value is -2.17. The predicted octanol–water partition coefficient (Wildman–Crippen LogP) is 1.68. The normalized spacial score (nSPS) is 18.5. The van der Waals surface area contributed by atoms with Gasteiger partial charge in [0.25, 0.3) is 0 Å². The third-order valence-electron chi connectivity index (χ3n) is 2.88. The van der Waals surface area contributed by atoms with Crippen LogP contribution < -0.4 is 0 Å². The summed E-state index contributed by atoms with van der Waals surface area (Å²) >= 11 is 0. The van der Waals surface area contributed by atoms with E-state index in [0.717, 1.165) is 5.56 Å². The van der Waals surface area contributed by atoms with E-state index in [4.69, 9.17) is 4.74 Å². The van der Waals surface area contributed by atoms with Crippen molar-refractivity contribution in [1.29, 1.82) is 0 Å². The number of rotatable bonds is 4. The summed E-state index contributed by atoms with van der Waals surface area (Å²) in [6.45, 7) is 0.152. The van der Waals surface area contributed by atoms with Crippen LogP contribution in [0.3, 0.4) is 0 Å². The molecular weight excluding hydrogens is 246 g/mol. The number of hydrogen-bond acceptors (Lipinski definition) is 5. The highest BCUT2D eigenvalue weighted by Crippen LogP contribution is 2.23. The highest BCUT2D eigenvalue weighted by molar-refractivity contribution is 5.95. The van der Waals surface area contributed by atoms with Gasteiger partial charge in [-0.25, -0.2) is 4.79 Å². The van der Waals surface area contributed by atoms with E-state index in [1.54, 1.807) is 0 Å². The van der Waals surface area contributed by atoms with Gasteiger partial charge >= 0.3 is 11.9 Å². The summed E-state index contributed by atoms with van der Waals surface area (Å²) < 4.78 is 9.67. The summed E-state index contributed by atoms with van der Waals surface area (Å²) in [6.07, 6.45) is 0.692. The average Bonchev–Trinajstić information content (AvgIpc) is 2.47. The highest BCUT2D eigenvalue weighted by Gasteiger charge is 2.26. The first-order chi connectivity index (χ1) is 9.20. The second kappa shape index (κ2) is 6.13. The Kier molecular flexibility index (Phi) is 4.28. The SMILES string of the molecule is COC(=O)CCC1=N[C@H](c2ccccc2)C(=O)OC1. The van der Waals surface area contributed by atoms with Crippen LogP contribution >= 0.6 is 0 Å². The van der Waals surface area contributed by atoms with Gasteiger partial charge in [0.15, 0.2) is 6.04 Å². The van der Waals surface area contributed by atoms with Gasteiger partial charge in [-0.2, -0.15) is 0 Å². The second-order valence-electron chi connectivity index (χ2n) is 4.19. The summed E-state index contributed by atoms with van der Waals surface area (Å²) in [5.41, 5.74) is 1.50. The molecule has 0 amide bonds. The molecule has 1 aliphatic heterocycles. The Labute approximate surface area is 111 Å². The number of carbonyl (C=O) groups is 2. The van der Waals surface area contributed by atoms with Crippen molar-refractivity contribution in [2.24, 2.45) is 4.99 Å². The molecule has 0 radical (unpaired) electrons. The number of aliphatic imine (C=N–C) groups is 1. The van der Waals surface area contributed by atoms with Gasteiger partial charge in [-0.15, -0.1) is 0 Å². The van der Waals surface area contributed by atoms with Crippen LogP contribution in [0.25, 0.3) is 0 Å². The van der Waals surface area contributed by atoms with Crippen molar-refractivity contribution in [2.45, 2.75) is 18.9 Å². The molecule has 0 spiro atoms. The lowest BCUT2D eigenvalue weighted by molar-refractivity contribution is -0.144. The van der Waals surface area contributed by atoms with Gasteiger partial charge in [0, 0.05) is 0 Å². The maximum absolute atomic E-state index is 11.7. The van der Waals surface area contributed by atoms with E-state index < -0.39 is 6.04 Å². The first kappa shape index (κ1) is 13.3. The van der Waals surface area contributed by atoms with E-state index >= 15 is 0 Å². The lowest BCUT2D eigenvalue weighted by Gasteiger charge is -2.20. The monoisotopic (exact) mass is 261 g/mol. The Morgan fingerprint density at radius 3 is 2.84 bits per heavy atom. The molecule has 0 saturated heterocycles. The Bertz CT molecular complexity index is 495. The maximum atomic E-state index is 11.7. The molecular formula is C14H15NO4. The van der Waals surface area contributed by atoms with Gasteiger partial charge in [-0.05, 0) is 12.0 Å². The van der Waals surface area contributed by atoms with E-state index in [1.807, 2.05) is 30.3 Å². The Balaban J connectivity index is 2.10. The smallest absolute Gasteiger partial charge is 0.335 e. The topological polar surface area (TPSA) is 65.0 Å². The summed E-state index contributed by atoms with van der Waals surface area (Å²) in [6, 6.07) is 8.61. The van der Waals surface area contributed by atoms with Crippen molar-refractivity contribution >= 4 is 17.7 Å². The number of esters is 2. The van der Waals surface area contributed by atoms with Crippen molar-refractivity contribution in [3.8, 4) is 0 Å². The molecule has 2 rings (SSSR count). The van der Waals surface area contributed by atoms with Crippen LogP contribution in [-0.4, -0.2) is 31.4 Å². The summed E-state index contributed by atoms with van der Waals surface area (Å²) in [5, 5.41) is 0. The summed E-state index contributed by atoms with van der Waals surface area (Å²) in [5.74, 6) is -0.649. The molecule has 1 heterocycles. The molecule has 5 nitrogen and oxygen atoms in total. The third kappa shape index (κ3) is 3.40. The standard InChI is InChI=1S/C14H15NO4/c1-18-12(16)8-7-11-9-19-14(17)13(15-11)10-5-3-2-4-6-10/h2-6,13H,7-9H2,1H3/t13-/m1/s1. The van der Waals surface area contributed by atoms with Crippen molar-refractivity contribution in [1.82, 2.24) is 0 Å². The van der Waals surface area contributed by atoms with Gasteiger partial charge in [-0.1, -0.05) is 30.3 Å². The molecule has 100 valence electrons. The lowest BCUT2D eigenvalue weighted by atomic mass is 10.1. The molecule has 5 heteroatoms. The number of nitrogens with zero attached hydrogens (tertiary/aromatic N) is 1. The third-order valence-corrected chi connectivity index (χ3v) is 2.88. The maximum Gasteiger partial charge on any atom is 0.335 e. The number of hydrogen-bond donors (Lipinski definition) is 0. The molecule has 1 aromatic rings. The second-order valence-corrected chi connectivity index (χ2v) is 4.19. The fourth-order valence-electron chi connectivity index (χ4n) is 1.84. The van der Waals surface area contributed by atoms with E-state index in [0.29, 0.717) is 12.1 Å². The highest BCUT2D eigenvalue weighted by atomic mass is 16.5. The quantitative estimate of drug-likeness (QED) is 0.773. The average molecular weight is 261 g/mol. The number of benzene rings is 1. The van der Waals surface area contributed by atoms with Gasteiger partial charge < -0.3 is 9.47 Å². The van der Waals surface area contributed by atoms with Crippen LogP contribution in [0.4, 0.5) is 0 Å². The minimum absolute atomic E-state index is 0.152. The first-order valence-electron chi connectivity index (χ1n) is 6.04. The van der Waals surface area contributed by atoms with E-state index in [9.17, 15) is 9.59 Å². The minimum Gasteiger partial charge on any atom is -0.469 e. The van der Waals surface area contributed by atoms with Crippen LogP contribution in [0.2, 0.25) is 0 Å². The van der Waals surface area contributed by atoms with Crippen molar-refractivity contribution < 1.29 is 19.1 Å². The van der Waals surface area contributed by atoms with Crippen LogP contribution in [0.5, 0.6) is 0 Å². The Morgan fingerprint density at radius 1 is 1.42 bits per heavy atom. The van der Waals surface area contributed by atoms with Gasteiger partial charge in [0.05, 0.1) is 19.2 Å². The molecule has 0 N–H and O–H groups in total. The van der Waals surface area contributed by atoms with Crippen molar-refractivity contribution in [2.75, 3.05) is 13.7 Å². The number of carbonyl (C=O) groups excluding carboxylic acids is 2. The molecule has 0 fully saturated rings. The van der Waals surface area contributed by atoms with Crippen LogP contribution in [0.15, 0.2) is 35.3 Å². The van der Waals surface area contributed by atoms with E-state index in [2.05, 4.69) is 9.73 Å². The zero-order valence-corrected chi connectivity index (χ0v) is 10.7. The minimum atomic E-state index is -0.623. The molecule has 1 atom stereocenters. The van der Waals surface area contributed by atoms with Crippen molar-refractivity contribution in [3.63, 3.8) is 0 Å². The van der Waals surface area contributed by atoms with Crippen LogP contribution in [-0.2, 0) is 19.1 Å². The fraction of sp³-hybridized carbons (Fsp3) is 0.357. The molecule has 0 aliphatic carbocycles. The largest absolute Gasteiger partial charge is 0.469 e. The van der Waals surface area contributed by atoms with E-state index in [-0.39, 0.29) is 25.0 Å².